The molecule has 150 valence electrons. The average Bonchev–Trinajstić information content (AvgIpc) is 3.18. The molecule has 1 aliphatic rings. The lowest BCUT2D eigenvalue weighted by molar-refractivity contribution is -0.146. The van der Waals surface area contributed by atoms with Gasteiger partial charge in [0.25, 0.3) is 0 Å². The SMILES string of the molecule is Cc1cc(NC(=O)C(=O)N2C[C@H](C)CC[C@H]2c2ccc3[nH]ncc3n2)cnc1N. The summed E-state index contributed by atoms with van der Waals surface area (Å²) in [6.07, 6.45) is 4.80. The van der Waals surface area contributed by atoms with Crippen LogP contribution in [0.25, 0.3) is 11.0 Å². The van der Waals surface area contributed by atoms with Crippen molar-refractivity contribution in [3.8, 4) is 0 Å². The molecule has 1 fully saturated rings. The summed E-state index contributed by atoms with van der Waals surface area (Å²) in [6.45, 7) is 4.37. The molecule has 1 saturated heterocycles. The largest absolute Gasteiger partial charge is 0.383 e. The molecule has 29 heavy (non-hydrogen) atoms. The van der Waals surface area contributed by atoms with Crippen molar-refractivity contribution in [3.05, 3.63) is 41.9 Å². The van der Waals surface area contributed by atoms with Crippen LogP contribution < -0.4 is 11.1 Å². The number of piperidine rings is 1. The van der Waals surface area contributed by atoms with Crippen molar-refractivity contribution in [1.82, 2.24) is 25.1 Å². The minimum atomic E-state index is -0.695. The Bertz CT molecular complexity index is 1080. The lowest BCUT2D eigenvalue weighted by atomic mass is 9.92. The smallest absolute Gasteiger partial charge is 0.313 e. The number of pyridine rings is 2. The summed E-state index contributed by atoms with van der Waals surface area (Å²) in [4.78, 5) is 36.0. The van der Waals surface area contributed by atoms with Gasteiger partial charge in [-0.25, -0.2) is 9.97 Å². The number of aryl methyl sites for hydroxylation is 1. The van der Waals surface area contributed by atoms with E-state index in [0.29, 0.717) is 24.0 Å². The summed E-state index contributed by atoms with van der Waals surface area (Å²) < 4.78 is 0. The van der Waals surface area contributed by atoms with E-state index in [1.54, 1.807) is 24.1 Å². The molecule has 0 saturated carbocycles. The van der Waals surface area contributed by atoms with E-state index in [1.165, 1.54) is 6.20 Å². The number of H-pyrrole nitrogens is 1. The third kappa shape index (κ3) is 3.75. The number of likely N-dealkylation sites (tertiary alicyclic amines) is 1. The van der Waals surface area contributed by atoms with Gasteiger partial charge in [0.2, 0.25) is 0 Å². The Kier molecular flexibility index (Phi) is 4.87. The first kappa shape index (κ1) is 18.9. The fourth-order valence-corrected chi connectivity index (χ4v) is 3.69. The lowest BCUT2D eigenvalue weighted by Gasteiger charge is -2.37. The van der Waals surface area contributed by atoms with Gasteiger partial charge in [0.1, 0.15) is 11.3 Å². The second-order valence-electron chi connectivity index (χ2n) is 7.58. The number of hydrogen-bond donors (Lipinski definition) is 3. The van der Waals surface area contributed by atoms with E-state index < -0.39 is 11.8 Å². The Morgan fingerprint density at radius 3 is 2.90 bits per heavy atom. The fourth-order valence-electron chi connectivity index (χ4n) is 3.69. The Balaban J connectivity index is 1.57. The van der Waals surface area contributed by atoms with Gasteiger partial charge in [-0.15, -0.1) is 0 Å². The van der Waals surface area contributed by atoms with Crippen molar-refractivity contribution < 1.29 is 9.59 Å². The lowest BCUT2D eigenvalue weighted by Crippen LogP contribution is -2.46. The third-order valence-electron chi connectivity index (χ3n) is 5.31. The molecule has 2 atom stereocenters. The number of amides is 2. The molecule has 0 spiro atoms. The molecule has 0 unspecified atom stereocenters. The topological polar surface area (TPSA) is 130 Å². The number of carbonyl (C=O) groups is 2. The number of nitrogens with one attached hydrogen (secondary N) is 2. The van der Waals surface area contributed by atoms with E-state index in [2.05, 4.69) is 32.4 Å². The van der Waals surface area contributed by atoms with Crippen LogP contribution in [0.2, 0.25) is 0 Å². The van der Waals surface area contributed by atoms with E-state index in [0.717, 1.165) is 35.1 Å². The number of nitrogen functional groups attached to an aromatic ring is 1. The van der Waals surface area contributed by atoms with Crippen LogP contribution in [0.5, 0.6) is 0 Å². The van der Waals surface area contributed by atoms with Gasteiger partial charge in [0, 0.05) is 6.54 Å². The maximum Gasteiger partial charge on any atom is 0.313 e. The molecule has 2 amide bonds. The zero-order valence-electron chi connectivity index (χ0n) is 16.3. The van der Waals surface area contributed by atoms with Crippen LogP contribution in [0.1, 0.15) is 37.1 Å². The van der Waals surface area contributed by atoms with E-state index in [1.807, 2.05) is 12.1 Å². The fraction of sp³-hybridized carbons (Fsp3) is 0.350. The number of nitrogens with zero attached hydrogens (tertiary/aromatic N) is 4. The summed E-state index contributed by atoms with van der Waals surface area (Å²) in [5.41, 5.74) is 9.22. The van der Waals surface area contributed by atoms with Gasteiger partial charge >= 0.3 is 11.8 Å². The second kappa shape index (κ2) is 7.50. The molecule has 3 aromatic heterocycles. The van der Waals surface area contributed by atoms with Crippen LogP contribution in [0.15, 0.2) is 30.6 Å². The first-order valence-corrected chi connectivity index (χ1v) is 9.56. The number of fused-ring (bicyclic) bond motifs is 1. The number of anilines is 2. The first-order chi connectivity index (χ1) is 13.9. The molecule has 9 nitrogen and oxygen atoms in total. The number of nitrogens with two attached hydrogens (primary N) is 1. The van der Waals surface area contributed by atoms with Gasteiger partial charge in [-0.1, -0.05) is 6.92 Å². The monoisotopic (exact) mass is 393 g/mol. The molecule has 4 rings (SSSR count). The summed E-state index contributed by atoms with van der Waals surface area (Å²) in [7, 11) is 0. The molecule has 0 aromatic carbocycles. The Morgan fingerprint density at radius 2 is 2.10 bits per heavy atom. The molecular formula is C20H23N7O2. The average molecular weight is 393 g/mol. The molecule has 3 aromatic rings. The Labute approximate surface area is 167 Å². The zero-order valence-corrected chi connectivity index (χ0v) is 16.3. The summed E-state index contributed by atoms with van der Waals surface area (Å²) in [5.74, 6) is -0.578. The van der Waals surface area contributed by atoms with Gasteiger partial charge < -0.3 is 16.0 Å². The van der Waals surface area contributed by atoms with Crippen molar-refractivity contribution in [2.75, 3.05) is 17.6 Å². The Morgan fingerprint density at radius 1 is 1.28 bits per heavy atom. The minimum Gasteiger partial charge on any atom is -0.383 e. The molecule has 9 heteroatoms. The highest BCUT2D eigenvalue weighted by molar-refractivity contribution is 6.39. The van der Waals surface area contributed by atoms with Gasteiger partial charge in [0.15, 0.2) is 0 Å². The van der Waals surface area contributed by atoms with Crippen molar-refractivity contribution in [1.29, 1.82) is 0 Å². The number of aromatic amines is 1. The number of carbonyl (C=O) groups excluding carboxylic acids is 2. The molecule has 4 N–H and O–H groups in total. The molecule has 0 aliphatic carbocycles. The quantitative estimate of drug-likeness (QED) is 0.572. The molecule has 1 aliphatic heterocycles. The van der Waals surface area contributed by atoms with Gasteiger partial charge in [-0.05, 0) is 49.4 Å². The molecular weight excluding hydrogens is 370 g/mol. The normalized spacial score (nSPS) is 19.3. The van der Waals surface area contributed by atoms with Crippen molar-refractivity contribution in [2.45, 2.75) is 32.7 Å². The highest BCUT2D eigenvalue weighted by Crippen LogP contribution is 2.33. The van der Waals surface area contributed by atoms with Crippen LogP contribution in [0.3, 0.4) is 0 Å². The second-order valence-corrected chi connectivity index (χ2v) is 7.58. The number of hydrogen-bond acceptors (Lipinski definition) is 6. The highest BCUT2D eigenvalue weighted by atomic mass is 16.2. The molecule has 4 heterocycles. The van der Waals surface area contributed by atoms with Crippen LogP contribution in [0, 0.1) is 12.8 Å². The number of aromatic nitrogens is 4. The van der Waals surface area contributed by atoms with Crippen molar-refractivity contribution in [3.63, 3.8) is 0 Å². The van der Waals surface area contributed by atoms with Crippen LogP contribution in [0.4, 0.5) is 11.5 Å². The molecule has 0 radical (unpaired) electrons. The van der Waals surface area contributed by atoms with E-state index in [4.69, 9.17) is 5.73 Å². The summed E-state index contributed by atoms with van der Waals surface area (Å²) >= 11 is 0. The van der Waals surface area contributed by atoms with Crippen LogP contribution >= 0.6 is 0 Å². The van der Waals surface area contributed by atoms with Crippen LogP contribution in [-0.4, -0.2) is 43.4 Å². The van der Waals surface area contributed by atoms with Gasteiger partial charge in [0.05, 0.1) is 35.3 Å². The highest BCUT2D eigenvalue weighted by Gasteiger charge is 2.35. The van der Waals surface area contributed by atoms with Gasteiger partial charge in [-0.2, -0.15) is 5.10 Å². The third-order valence-corrected chi connectivity index (χ3v) is 5.31. The van der Waals surface area contributed by atoms with E-state index in [9.17, 15) is 9.59 Å². The predicted octanol–water partition coefficient (Wildman–Crippen LogP) is 2.18. The van der Waals surface area contributed by atoms with Crippen molar-refractivity contribution >= 4 is 34.4 Å². The summed E-state index contributed by atoms with van der Waals surface area (Å²) in [6, 6.07) is 5.22. The van der Waals surface area contributed by atoms with E-state index in [-0.39, 0.29) is 6.04 Å². The maximum atomic E-state index is 13.0. The zero-order chi connectivity index (χ0) is 20.5. The van der Waals surface area contributed by atoms with Crippen molar-refractivity contribution in [2.24, 2.45) is 5.92 Å². The Hall–Kier alpha value is -3.49. The number of rotatable bonds is 2. The standard InChI is InChI=1S/C20H23N7O2/c1-11-3-6-17(15-5-4-14-16(25-15)9-23-26-14)27(10-11)20(29)19(28)24-13-7-12(2)18(21)22-8-13/h4-5,7-9,11,17H,3,6,10H2,1-2H3,(H2,21,22)(H,23,26)(H,24,28)/t11-,17+/m1/s1. The summed E-state index contributed by atoms with van der Waals surface area (Å²) in [5, 5.41) is 9.50. The molecule has 0 bridgehead atoms. The predicted molar refractivity (Wildman–Crippen MR) is 109 cm³/mol. The van der Waals surface area contributed by atoms with Crippen LogP contribution in [-0.2, 0) is 9.59 Å². The van der Waals surface area contributed by atoms with E-state index >= 15 is 0 Å². The van der Waals surface area contributed by atoms with Gasteiger partial charge in [-0.3, -0.25) is 14.7 Å². The minimum absolute atomic E-state index is 0.255. The maximum absolute atomic E-state index is 13.0. The first-order valence-electron chi connectivity index (χ1n) is 9.56.